The normalized spacial score (nSPS) is 29.6. The molecule has 0 bridgehead atoms. The Kier molecular flexibility index (Phi) is 4.85. The summed E-state index contributed by atoms with van der Waals surface area (Å²) in [6.07, 6.45) is 9.10. The summed E-state index contributed by atoms with van der Waals surface area (Å²) in [6.45, 7) is 4.90. The second kappa shape index (κ2) is 6.23. The fourth-order valence-corrected chi connectivity index (χ4v) is 3.49. The van der Waals surface area contributed by atoms with E-state index in [9.17, 15) is 4.79 Å². The van der Waals surface area contributed by atoms with Crippen LogP contribution in [-0.2, 0) is 14.3 Å². The van der Waals surface area contributed by atoms with Gasteiger partial charge in [0.1, 0.15) is 5.72 Å². The lowest BCUT2D eigenvalue weighted by atomic mass is 9.87. The van der Waals surface area contributed by atoms with Crippen molar-refractivity contribution in [3.8, 4) is 0 Å². The third kappa shape index (κ3) is 3.69. The third-order valence-electron chi connectivity index (χ3n) is 4.39. The zero-order valence-corrected chi connectivity index (χ0v) is 12.3. The highest BCUT2D eigenvalue weighted by atomic mass is 16.5. The first-order chi connectivity index (χ1) is 9.10. The highest BCUT2D eigenvalue weighted by molar-refractivity contribution is 5.65. The van der Waals surface area contributed by atoms with Gasteiger partial charge < -0.3 is 9.47 Å². The molecule has 1 saturated carbocycles. The minimum absolute atomic E-state index is 0.00153. The van der Waals surface area contributed by atoms with Gasteiger partial charge in [0.15, 0.2) is 0 Å². The van der Waals surface area contributed by atoms with Crippen LogP contribution in [0.3, 0.4) is 0 Å². The predicted octanol–water partition coefficient (Wildman–Crippen LogP) is 2.76. The van der Waals surface area contributed by atoms with E-state index >= 15 is 0 Å². The minimum atomic E-state index is -0.196. The molecule has 1 atom stereocenters. The van der Waals surface area contributed by atoms with Gasteiger partial charge in [0.05, 0.1) is 13.2 Å². The van der Waals surface area contributed by atoms with E-state index in [1.165, 1.54) is 26.2 Å². The topological polar surface area (TPSA) is 47.6 Å². The van der Waals surface area contributed by atoms with E-state index in [0.29, 0.717) is 6.61 Å². The summed E-state index contributed by atoms with van der Waals surface area (Å²) in [5.41, 5.74) is -0.0921. The van der Waals surface area contributed by atoms with Gasteiger partial charge in [0.2, 0.25) is 0 Å². The fourth-order valence-electron chi connectivity index (χ4n) is 3.49. The molecule has 4 heteroatoms. The Morgan fingerprint density at radius 3 is 2.63 bits per heavy atom. The van der Waals surface area contributed by atoms with Crippen molar-refractivity contribution in [2.75, 3.05) is 13.2 Å². The largest absolute Gasteiger partial charge is 0.466 e. The van der Waals surface area contributed by atoms with Crippen molar-refractivity contribution in [3.05, 3.63) is 0 Å². The quantitative estimate of drug-likeness (QED) is 0.780. The Hall–Kier alpha value is -0.610. The Balaban J connectivity index is 1.94. The first kappa shape index (κ1) is 14.8. The van der Waals surface area contributed by atoms with Crippen LogP contribution in [0.5, 0.6) is 0 Å². The molecule has 1 unspecified atom stereocenters. The predicted molar refractivity (Wildman–Crippen MR) is 73.8 cm³/mol. The monoisotopic (exact) mass is 269 g/mol. The summed E-state index contributed by atoms with van der Waals surface area (Å²) >= 11 is 0. The average Bonchev–Trinajstić information content (AvgIpc) is 2.69. The van der Waals surface area contributed by atoms with Crippen LogP contribution in [-0.4, -0.2) is 30.4 Å². The fraction of sp³-hybridized carbons (Fsp3) is 0.933. The molecule has 1 spiro atoms. The second-order valence-electron chi connectivity index (χ2n) is 6.09. The van der Waals surface area contributed by atoms with Crippen LogP contribution in [0.15, 0.2) is 0 Å². The SMILES string of the molecule is CCCC1(CCOC(C)=O)COC2(CCCCC2)N1. The number of hydrogen-bond donors (Lipinski definition) is 1. The molecule has 1 aliphatic carbocycles. The summed E-state index contributed by atoms with van der Waals surface area (Å²) in [6, 6.07) is 0. The van der Waals surface area contributed by atoms with Crippen LogP contribution in [0.4, 0.5) is 0 Å². The molecule has 1 saturated heterocycles. The summed E-state index contributed by atoms with van der Waals surface area (Å²) in [7, 11) is 0. The van der Waals surface area contributed by atoms with Crippen LogP contribution in [0, 0.1) is 0 Å². The molecule has 1 heterocycles. The number of hydrogen-bond acceptors (Lipinski definition) is 4. The van der Waals surface area contributed by atoms with Gasteiger partial charge in [0, 0.05) is 18.9 Å². The molecule has 1 aliphatic heterocycles. The molecule has 0 aromatic heterocycles. The van der Waals surface area contributed by atoms with Crippen LogP contribution in [0.25, 0.3) is 0 Å². The molecular weight excluding hydrogens is 242 g/mol. The summed E-state index contributed by atoms with van der Waals surface area (Å²) in [4.78, 5) is 10.9. The maximum Gasteiger partial charge on any atom is 0.302 e. The Morgan fingerprint density at radius 2 is 2.00 bits per heavy atom. The Bertz CT molecular complexity index is 313. The maximum atomic E-state index is 10.9. The van der Waals surface area contributed by atoms with Gasteiger partial charge in [0.25, 0.3) is 0 Å². The summed E-state index contributed by atoms with van der Waals surface area (Å²) in [5, 5.41) is 3.78. The van der Waals surface area contributed by atoms with E-state index in [0.717, 1.165) is 38.7 Å². The van der Waals surface area contributed by atoms with E-state index < -0.39 is 0 Å². The molecule has 19 heavy (non-hydrogen) atoms. The molecule has 2 fully saturated rings. The van der Waals surface area contributed by atoms with E-state index in [1.54, 1.807) is 0 Å². The van der Waals surface area contributed by atoms with E-state index in [1.807, 2.05) is 0 Å². The Morgan fingerprint density at radius 1 is 1.26 bits per heavy atom. The molecule has 0 aromatic carbocycles. The first-order valence-electron chi connectivity index (χ1n) is 7.66. The van der Waals surface area contributed by atoms with Gasteiger partial charge in [-0.3, -0.25) is 10.1 Å². The van der Waals surface area contributed by atoms with Crippen molar-refractivity contribution < 1.29 is 14.3 Å². The van der Waals surface area contributed by atoms with Crippen LogP contribution in [0.1, 0.15) is 65.2 Å². The third-order valence-corrected chi connectivity index (χ3v) is 4.39. The zero-order chi connectivity index (χ0) is 13.8. The van der Waals surface area contributed by atoms with Gasteiger partial charge in [-0.15, -0.1) is 0 Å². The molecule has 4 nitrogen and oxygen atoms in total. The van der Waals surface area contributed by atoms with Gasteiger partial charge in [-0.25, -0.2) is 0 Å². The lowest BCUT2D eigenvalue weighted by molar-refractivity contribution is -0.141. The molecule has 0 amide bonds. The molecule has 110 valence electrons. The lowest BCUT2D eigenvalue weighted by Crippen LogP contribution is -2.53. The number of ether oxygens (including phenoxy) is 2. The van der Waals surface area contributed by atoms with Crippen molar-refractivity contribution in [2.45, 2.75) is 76.5 Å². The lowest BCUT2D eigenvalue weighted by Gasteiger charge is -2.36. The van der Waals surface area contributed by atoms with Crippen LogP contribution >= 0.6 is 0 Å². The first-order valence-corrected chi connectivity index (χ1v) is 7.66. The smallest absolute Gasteiger partial charge is 0.302 e. The Labute approximate surface area is 116 Å². The number of rotatable bonds is 5. The summed E-state index contributed by atoms with van der Waals surface area (Å²) in [5.74, 6) is -0.196. The number of carbonyl (C=O) groups is 1. The van der Waals surface area contributed by atoms with Gasteiger partial charge >= 0.3 is 5.97 Å². The van der Waals surface area contributed by atoms with E-state index in [4.69, 9.17) is 9.47 Å². The highest BCUT2D eigenvalue weighted by Crippen LogP contribution is 2.39. The van der Waals surface area contributed by atoms with Crippen molar-refractivity contribution in [2.24, 2.45) is 0 Å². The van der Waals surface area contributed by atoms with Crippen LogP contribution < -0.4 is 5.32 Å². The van der Waals surface area contributed by atoms with Crippen molar-refractivity contribution >= 4 is 5.97 Å². The standard InChI is InChI=1S/C15H27NO3/c1-3-7-14(10-11-18-13(2)17)12-19-15(16-14)8-5-4-6-9-15/h16H,3-12H2,1-2H3. The van der Waals surface area contributed by atoms with Gasteiger partial charge in [-0.05, 0) is 32.1 Å². The van der Waals surface area contributed by atoms with Gasteiger partial charge in [-0.1, -0.05) is 19.8 Å². The van der Waals surface area contributed by atoms with Gasteiger partial charge in [-0.2, -0.15) is 0 Å². The molecule has 0 aromatic rings. The van der Waals surface area contributed by atoms with Crippen molar-refractivity contribution in [1.29, 1.82) is 0 Å². The highest BCUT2D eigenvalue weighted by Gasteiger charge is 2.48. The van der Waals surface area contributed by atoms with Crippen molar-refractivity contribution in [1.82, 2.24) is 5.32 Å². The maximum absolute atomic E-state index is 10.9. The average molecular weight is 269 g/mol. The second-order valence-corrected chi connectivity index (χ2v) is 6.09. The number of carbonyl (C=O) groups excluding carboxylic acids is 1. The summed E-state index contributed by atoms with van der Waals surface area (Å²) < 4.78 is 11.3. The molecule has 2 aliphatic rings. The van der Waals surface area contributed by atoms with E-state index in [2.05, 4.69) is 12.2 Å². The molecular formula is C15H27NO3. The van der Waals surface area contributed by atoms with Crippen molar-refractivity contribution in [3.63, 3.8) is 0 Å². The van der Waals surface area contributed by atoms with Crippen LogP contribution in [0.2, 0.25) is 0 Å². The molecule has 1 N–H and O–H groups in total. The molecule has 0 radical (unpaired) electrons. The van der Waals surface area contributed by atoms with E-state index in [-0.39, 0.29) is 17.2 Å². The number of esters is 1. The molecule has 2 rings (SSSR count). The zero-order valence-electron chi connectivity index (χ0n) is 12.3. The minimum Gasteiger partial charge on any atom is -0.466 e. The number of nitrogens with one attached hydrogen (secondary N) is 1.